The fourth-order valence-electron chi connectivity index (χ4n) is 5.74. The number of hydrogen-bond acceptors (Lipinski definition) is 2. The van der Waals surface area contributed by atoms with Gasteiger partial charge in [0.1, 0.15) is 5.54 Å². The molecule has 6 rings (SSSR count). The number of nitrogens with one attached hydrogen (secondary N) is 1. The number of hydrogen-bond donors (Lipinski definition) is 1. The van der Waals surface area contributed by atoms with Crippen LogP contribution in [0.5, 0.6) is 0 Å². The molecule has 1 fully saturated rings. The van der Waals surface area contributed by atoms with Gasteiger partial charge < -0.3 is 9.88 Å². The van der Waals surface area contributed by atoms with Crippen molar-refractivity contribution >= 4 is 0 Å². The molecular weight excluding hydrogens is 450 g/mol. The fourth-order valence-corrected chi connectivity index (χ4v) is 5.74. The third-order valence-corrected chi connectivity index (χ3v) is 7.73. The van der Waals surface area contributed by atoms with E-state index in [0.29, 0.717) is 11.8 Å². The van der Waals surface area contributed by atoms with Crippen molar-refractivity contribution in [2.24, 2.45) is 5.92 Å². The smallest absolute Gasteiger partial charge is 0.121 e. The molecule has 2 atom stereocenters. The Labute approximate surface area is 219 Å². The van der Waals surface area contributed by atoms with Crippen LogP contribution in [-0.4, -0.2) is 16.1 Å². The van der Waals surface area contributed by atoms with Gasteiger partial charge in [-0.3, -0.25) is 0 Å². The molecule has 0 spiro atoms. The van der Waals surface area contributed by atoms with Crippen molar-refractivity contribution in [1.82, 2.24) is 14.9 Å². The van der Waals surface area contributed by atoms with Crippen LogP contribution in [0.15, 0.2) is 134 Å². The number of benzene rings is 4. The van der Waals surface area contributed by atoms with E-state index in [1.165, 1.54) is 40.8 Å². The minimum atomic E-state index is -0.489. The lowest BCUT2D eigenvalue weighted by molar-refractivity contribution is 0.514. The number of imidazole rings is 1. The summed E-state index contributed by atoms with van der Waals surface area (Å²) in [6, 6.07) is 43.1. The summed E-state index contributed by atoms with van der Waals surface area (Å²) in [6.07, 6.45) is 6.75. The van der Waals surface area contributed by atoms with Crippen LogP contribution >= 0.6 is 0 Å². The van der Waals surface area contributed by atoms with Crippen LogP contribution in [0, 0.1) is 5.92 Å². The summed E-state index contributed by atoms with van der Waals surface area (Å²) in [4.78, 5) is 4.99. The van der Waals surface area contributed by atoms with Gasteiger partial charge in [-0.15, -0.1) is 0 Å². The molecule has 1 heterocycles. The molecule has 0 aliphatic heterocycles. The van der Waals surface area contributed by atoms with Crippen LogP contribution < -0.4 is 5.32 Å². The predicted molar refractivity (Wildman–Crippen MR) is 150 cm³/mol. The van der Waals surface area contributed by atoms with E-state index in [1.54, 1.807) is 0 Å². The summed E-state index contributed by atoms with van der Waals surface area (Å²) in [5.74, 6) is 1.24. The third-order valence-electron chi connectivity index (χ3n) is 7.73. The molecule has 0 amide bonds. The second kappa shape index (κ2) is 10.6. The maximum atomic E-state index is 4.99. The average molecular weight is 484 g/mol. The molecule has 3 heteroatoms. The summed E-state index contributed by atoms with van der Waals surface area (Å²) in [6.45, 7) is 1.97. The van der Waals surface area contributed by atoms with Crippen molar-refractivity contribution in [1.29, 1.82) is 0 Å². The van der Waals surface area contributed by atoms with E-state index in [0.717, 1.165) is 13.1 Å². The van der Waals surface area contributed by atoms with E-state index >= 15 is 0 Å². The molecule has 0 unspecified atom stereocenters. The van der Waals surface area contributed by atoms with Gasteiger partial charge in [-0.05, 0) is 47.6 Å². The second-order valence-corrected chi connectivity index (χ2v) is 10.1. The minimum absolute atomic E-state index is 0.489. The van der Waals surface area contributed by atoms with Gasteiger partial charge >= 0.3 is 0 Å². The van der Waals surface area contributed by atoms with Gasteiger partial charge in [0.2, 0.25) is 0 Å². The highest BCUT2D eigenvalue weighted by Crippen LogP contribution is 2.50. The van der Waals surface area contributed by atoms with E-state index in [-0.39, 0.29) is 0 Å². The summed E-state index contributed by atoms with van der Waals surface area (Å²) >= 11 is 0. The van der Waals surface area contributed by atoms with Crippen molar-refractivity contribution < 1.29 is 0 Å². The lowest BCUT2D eigenvalue weighted by Gasteiger charge is -2.37. The lowest BCUT2D eigenvalue weighted by Crippen LogP contribution is -2.36. The lowest BCUT2D eigenvalue weighted by atomic mass is 9.77. The third kappa shape index (κ3) is 4.75. The Morgan fingerprint density at radius 1 is 0.703 bits per heavy atom. The Kier molecular flexibility index (Phi) is 6.70. The zero-order valence-electron chi connectivity index (χ0n) is 21.1. The van der Waals surface area contributed by atoms with Crippen LogP contribution in [0.25, 0.3) is 0 Å². The predicted octanol–water partition coefficient (Wildman–Crippen LogP) is 7.01. The largest absolute Gasteiger partial charge is 0.319 e. The number of rotatable bonds is 10. The Morgan fingerprint density at radius 3 is 1.76 bits per heavy atom. The molecule has 1 N–H and O–H groups in total. The molecule has 1 aliphatic carbocycles. The van der Waals surface area contributed by atoms with E-state index in [1.807, 2.05) is 6.33 Å². The van der Waals surface area contributed by atoms with Gasteiger partial charge in [0.05, 0.1) is 12.0 Å². The molecule has 0 saturated heterocycles. The minimum Gasteiger partial charge on any atom is -0.319 e. The molecule has 37 heavy (non-hydrogen) atoms. The topological polar surface area (TPSA) is 29.9 Å². The number of nitrogens with zero attached hydrogens (tertiary/aromatic N) is 2. The first-order valence-electron chi connectivity index (χ1n) is 13.3. The summed E-state index contributed by atoms with van der Waals surface area (Å²) in [7, 11) is 0. The maximum Gasteiger partial charge on any atom is 0.121 e. The van der Waals surface area contributed by atoms with Gasteiger partial charge in [-0.1, -0.05) is 121 Å². The Balaban J connectivity index is 1.27. The first kappa shape index (κ1) is 23.4. The molecule has 1 aromatic heterocycles. The average Bonchev–Trinajstić information content (AvgIpc) is 3.58. The van der Waals surface area contributed by atoms with Crippen molar-refractivity contribution in [3.8, 4) is 0 Å². The summed E-state index contributed by atoms with van der Waals surface area (Å²) in [5, 5.41) is 3.61. The summed E-state index contributed by atoms with van der Waals surface area (Å²) < 4.78 is 2.34. The maximum absolute atomic E-state index is 4.99. The fraction of sp³-hybridized carbons (Fsp3) is 0.206. The van der Waals surface area contributed by atoms with Crippen molar-refractivity contribution in [2.75, 3.05) is 6.54 Å². The van der Waals surface area contributed by atoms with E-state index in [4.69, 9.17) is 4.98 Å². The standard InChI is InChI=1S/C34H33N3/c1-5-13-27(14-6-1)24-35-22-21-28-23-32(28)33-25-37(26-36-33)34(29-15-7-2-8-16-29,30-17-9-3-10-18-30)31-19-11-4-12-20-31/h1-20,25-26,28,32,35H,21-24H2/t28-,32+/m1/s1. The zero-order chi connectivity index (χ0) is 24.9. The molecule has 0 bridgehead atoms. The highest BCUT2D eigenvalue weighted by molar-refractivity contribution is 5.50. The molecular formula is C34H33N3. The SMILES string of the molecule is c1ccc(CNCC[C@@H]2C[C@@H]2c2cn(C(c3ccccc3)(c3ccccc3)c3ccccc3)cn2)cc1. The van der Waals surface area contributed by atoms with Gasteiger partial charge in [0.25, 0.3) is 0 Å². The molecule has 184 valence electrons. The van der Waals surface area contributed by atoms with Crippen molar-refractivity contribution in [3.05, 3.63) is 162 Å². The van der Waals surface area contributed by atoms with Gasteiger partial charge in [0.15, 0.2) is 0 Å². The molecule has 3 nitrogen and oxygen atoms in total. The van der Waals surface area contributed by atoms with Crippen LogP contribution in [-0.2, 0) is 12.1 Å². The molecule has 5 aromatic rings. The van der Waals surface area contributed by atoms with Gasteiger partial charge in [-0.2, -0.15) is 0 Å². The van der Waals surface area contributed by atoms with Crippen LogP contribution in [0.1, 0.15) is 46.7 Å². The van der Waals surface area contributed by atoms with E-state index in [2.05, 4.69) is 137 Å². The molecule has 0 radical (unpaired) electrons. The Bertz CT molecular complexity index is 1300. The first-order valence-corrected chi connectivity index (χ1v) is 13.3. The quantitative estimate of drug-likeness (QED) is 0.171. The van der Waals surface area contributed by atoms with Gasteiger partial charge in [-0.25, -0.2) is 4.98 Å². The van der Waals surface area contributed by atoms with Crippen molar-refractivity contribution in [2.45, 2.75) is 30.8 Å². The molecule has 1 saturated carbocycles. The van der Waals surface area contributed by atoms with Gasteiger partial charge in [0, 0.05) is 18.7 Å². The molecule has 1 aliphatic rings. The molecule has 4 aromatic carbocycles. The normalized spacial score (nSPS) is 17.0. The summed E-state index contributed by atoms with van der Waals surface area (Å²) in [5.41, 5.74) is 5.75. The Hall–Kier alpha value is -3.95. The van der Waals surface area contributed by atoms with E-state index in [9.17, 15) is 0 Å². The highest BCUT2D eigenvalue weighted by Gasteiger charge is 2.42. The number of aromatic nitrogens is 2. The second-order valence-electron chi connectivity index (χ2n) is 10.1. The Morgan fingerprint density at radius 2 is 1.22 bits per heavy atom. The zero-order valence-corrected chi connectivity index (χ0v) is 21.1. The highest BCUT2D eigenvalue weighted by atomic mass is 15.1. The first-order chi connectivity index (χ1) is 18.4. The van der Waals surface area contributed by atoms with Crippen LogP contribution in [0.3, 0.4) is 0 Å². The monoisotopic (exact) mass is 483 g/mol. The van der Waals surface area contributed by atoms with E-state index < -0.39 is 5.54 Å². The van der Waals surface area contributed by atoms with Crippen LogP contribution in [0.4, 0.5) is 0 Å². The van der Waals surface area contributed by atoms with Crippen LogP contribution in [0.2, 0.25) is 0 Å². The van der Waals surface area contributed by atoms with Crippen molar-refractivity contribution in [3.63, 3.8) is 0 Å².